The van der Waals surface area contributed by atoms with Gasteiger partial charge in [0.2, 0.25) is 0 Å². The maximum absolute atomic E-state index is 12.0. The van der Waals surface area contributed by atoms with Crippen LogP contribution in [0.2, 0.25) is 0 Å². The lowest BCUT2D eigenvalue weighted by atomic mass is 10.1. The first kappa shape index (κ1) is 17.5. The molecule has 0 aliphatic heterocycles. The highest BCUT2D eigenvalue weighted by Crippen LogP contribution is 2.16. The first-order valence-corrected chi connectivity index (χ1v) is 7.47. The molecule has 0 aliphatic rings. The van der Waals surface area contributed by atoms with Crippen LogP contribution in [0.5, 0.6) is 0 Å². The Bertz CT molecular complexity index is 432. The zero-order valence-electron chi connectivity index (χ0n) is 13.4. The van der Waals surface area contributed by atoms with Gasteiger partial charge in [-0.15, -0.1) is 0 Å². The highest BCUT2D eigenvalue weighted by atomic mass is 16.3. The maximum atomic E-state index is 12.0. The van der Waals surface area contributed by atoms with Gasteiger partial charge >= 0.3 is 6.03 Å². The minimum Gasteiger partial charge on any atom is -0.393 e. The molecule has 2 unspecified atom stereocenters. The van der Waals surface area contributed by atoms with Gasteiger partial charge in [-0.2, -0.15) is 0 Å². The summed E-state index contributed by atoms with van der Waals surface area (Å²) in [5, 5.41) is 15.4. The third kappa shape index (κ3) is 6.14. The van der Waals surface area contributed by atoms with E-state index in [1.54, 1.807) is 18.9 Å². The van der Waals surface area contributed by atoms with E-state index < -0.39 is 6.10 Å². The molecule has 0 spiro atoms. The number of carbonyl (C=O) groups is 1. The van der Waals surface area contributed by atoms with Gasteiger partial charge in [0.25, 0.3) is 0 Å². The number of urea groups is 1. The number of anilines is 1. The second-order valence-electron chi connectivity index (χ2n) is 5.39. The zero-order valence-corrected chi connectivity index (χ0v) is 13.4. The molecular weight excluding hydrogens is 266 g/mol. The molecule has 0 radical (unpaired) electrons. The van der Waals surface area contributed by atoms with Gasteiger partial charge in [-0.25, -0.2) is 4.79 Å². The topological polar surface area (TPSA) is 64.6 Å². The molecule has 2 amide bonds. The molecule has 5 heteroatoms. The van der Waals surface area contributed by atoms with Crippen molar-refractivity contribution in [2.75, 3.05) is 25.5 Å². The molecule has 0 heterocycles. The summed E-state index contributed by atoms with van der Waals surface area (Å²) >= 11 is 0. The summed E-state index contributed by atoms with van der Waals surface area (Å²) in [5.74, 6) is 0. The summed E-state index contributed by atoms with van der Waals surface area (Å²) in [7, 11) is 1.72. The average molecular weight is 293 g/mol. The van der Waals surface area contributed by atoms with E-state index in [1.165, 1.54) is 5.56 Å². The zero-order chi connectivity index (χ0) is 15.8. The van der Waals surface area contributed by atoms with Crippen molar-refractivity contribution < 1.29 is 9.90 Å². The van der Waals surface area contributed by atoms with Crippen molar-refractivity contribution in [2.45, 2.75) is 39.3 Å². The lowest BCUT2D eigenvalue weighted by Gasteiger charge is -2.19. The molecule has 0 aliphatic carbocycles. The van der Waals surface area contributed by atoms with Crippen LogP contribution in [0.15, 0.2) is 24.3 Å². The van der Waals surface area contributed by atoms with Gasteiger partial charge in [-0.05, 0) is 44.5 Å². The molecule has 0 fully saturated rings. The SMILES string of the molecule is CCNC(C)c1ccc(NC(=O)N(C)CCC(C)O)cc1. The number of hydrogen-bond acceptors (Lipinski definition) is 3. The van der Waals surface area contributed by atoms with Crippen LogP contribution in [-0.4, -0.2) is 42.3 Å². The van der Waals surface area contributed by atoms with Crippen molar-refractivity contribution in [1.82, 2.24) is 10.2 Å². The molecule has 0 saturated heterocycles. The third-order valence-corrected chi connectivity index (χ3v) is 3.40. The monoisotopic (exact) mass is 293 g/mol. The van der Waals surface area contributed by atoms with E-state index in [0.717, 1.165) is 12.2 Å². The number of aliphatic hydroxyl groups is 1. The Labute approximate surface area is 127 Å². The molecule has 5 nitrogen and oxygen atoms in total. The third-order valence-electron chi connectivity index (χ3n) is 3.40. The van der Waals surface area contributed by atoms with Gasteiger partial charge in [0.1, 0.15) is 0 Å². The number of nitrogens with one attached hydrogen (secondary N) is 2. The number of nitrogens with zero attached hydrogens (tertiary/aromatic N) is 1. The number of amides is 2. The van der Waals surface area contributed by atoms with Gasteiger partial charge in [0.05, 0.1) is 6.10 Å². The number of carbonyl (C=O) groups excluding carboxylic acids is 1. The van der Waals surface area contributed by atoms with E-state index in [2.05, 4.69) is 24.5 Å². The molecule has 1 aromatic rings. The molecule has 21 heavy (non-hydrogen) atoms. The minimum absolute atomic E-state index is 0.164. The maximum Gasteiger partial charge on any atom is 0.321 e. The summed E-state index contributed by atoms with van der Waals surface area (Å²) in [6.45, 7) is 7.36. The lowest BCUT2D eigenvalue weighted by molar-refractivity contribution is 0.167. The highest BCUT2D eigenvalue weighted by Gasteiger charge is 2.10. The fourth-order valence-electron chi connectivity index (χ4n) is 1.98. The summed E-state index contributed by atoms with van der Waals surface area (Å²) in [6, 6.07) is 7.97. The Kier molecular flexibility index (Phi) is 7.19. The van der Waals surface area contributed by atoms with E-state index >= 15 is 0 Å². The standard InChI is InChI=1S/C16H27N3O2/c1-5-17-13(3)14-6-8-15(9-7-14)18-16(21)19(4)11-10-12(2)20/h6-9,12-13,17,20H,5,10-11H2,1-4H3,(H,18,21). The van der Waals surface area contributed by atoms with Crippen LogP contribution in [0.1, 0.15) is 38.8 Å². The molecule has 3 N–H and O–H groups in total. The average Bonchev–Trinajstić information content (AvgIpc) is 2.45. The fourth-order valence-corrected chi connectivity index (χ4v) is 1.98. The Morgan fingerprint density at radius 2 is 1.90 bits per heavy atom. The molecule has 0 saturated carbocycles. The van der Waals surface area contributed by atoms with Crippen molar-refractivity contribution in [3.63, 3.8) is 0 Å². The van der Waals surface area contributed by atoms with Crippen LogP contribution < -0.4 is 10.6 Å². The van der Waals surface area contributed by atoms with Crippen LogP contribution in [-0.2, 0) is 0 Å². The van der Waals surface area contributed by atoms with Crippen LogP contribution in [0.25, 0.3) is 0 Å². The largest absolute Gasteiger partial charge is 0.393 e. The van der Waals surface area contributed by atoms with Gasteiger partial charge in [0, 0.05) is 25.3 Å². The Balaban J connectivity index is 2.53. The van der Waals surface area contributed by atoms with E-state index in [-0.39, 0.29) is 6.03 Å². The fraction of sp³-hybridized carbons (Fsp3) is 0.562. The van der Waals surface area contributed by atoms with Gasteiger partial charge < -0.3 is 20.6 Å². The quantitative estimate of drug-likeness (QED) is 0.724. The van der Waals surface area contributed by atoms with Gasteiger partial charge in [0.15, 0.2) is 0 Å². The van der Waals surface area contributed by atoms with Crippen molar-refractivity contribution in [3.05, 3.63) is 29.8 Å². The smallest absolute Gasteiger partial charge is 0.321 e. The van der Waals surface area contributed by atoms with Gasteiger partial charge in [-0.3, -0.25) is 0 Å². The van der Waals surface area contributed by atoms with Crippen molar-refractivity contribution >= 4 is 11.7 Å². The van der Waals surface area contributed by atoms with Crippen LogP contribution in [0, 0.1) is 0 Å². The van der Waals surface area contributed by atoms with Crippen LogP contribution >= 0.6 is 0 Å². The van der Waals surface area contributed by atoms with E-state index in [4.69, 9.17) is 0 Å². The molecule has 0 aromatic heterocycles. The van der Waals surface area contributed by atoms with E-state index in [9.17, 15) is 9.90 Å². The Morgan fingerprint density at radius 3 is 2.43 bits per heavy atom. The molecule has 2 atom stereocenters. The van der Waals surface area contributed by atoms with Crippen LogP contribution in [0.3, 0.4) is 0 Å². The molecular formula is C16H27N3O2. The number of benzene rings is 1. The Hall–Kier alpha value is -1.59. The normalized spacial score (nSPS) is 13.6. The molecule has 1 aromatic carbocycles. The molecule has 118 valence electrons. The molecule has 1 rings (SSSR count). The van der Waals surface area contributed by atoms with E-state index in [1.807, 2.05) is 24.3 Å². The summed E-state index contributed by atoms with van der Waals surface area (Å²) in [6.07, 6.45) is 0.176. The number of rotatable bonds is 7. The summed E-state index contributed by atoms with van der Waals surface area (Å²) in [4.78, 5) is 13.5. The van der Waals surface area contributed by atoms with E-state index in [0.29, 0.717) is 19.0 Å². The summed E-state index contributed by atoms with van der Waals surface area (Å²) in [5.41, 5.74) is 1.97. The second kappa shape index (κ2) is 8.64. The minimum atomic E-state index is -0.396. The lowest BCUT2D eigenvalue weighted by Crippen LogP contribution is -2.33. The van der Waals surface area contributed by atoms with Crippen molar-refractivity contribution in [3.8, 4) is 0 Å². The van der Waals surface area contributed by atoms with Crippen molar-refractivity contribution in [2.24, 2.45) is 0 Å². The van der Waals surface area contributed by atoms with Crippen LogP contribution in [0.4, 0.5) is 10.5 Å². The number of aliphatic hydroxyl groups excluding tert-OH is 1. The van der Waals surface area contributed by atoms with Gasteiger partial charge in [-0.1, -0.05) is 19.1 Å². The predicted molar refractivity (Wildman–Crippen MR) is 86.5 cm³/mol. The number of hydrogen-bond donors (Lipinski definition) is 3. The van der Waals surface area contributed by atoms with Crippen molar-refractivity contribution in [1.29, 1.82) is 0 Å². The Morgan fingerprint density at radius 1 is 1.29 bits per heavy atom. The summed E-state index contributed by atoms with van der Waals surface area (Å²) < 4.78 is 0. The second-order valence-corrected chi connectivity index (χ2v) is 5.39. The molecule has 0 bridgehead atoms. The predicted octanol–water partition coefficient (Wildman–Crippen LogP) is 2.59. The first-order valence-electron chi connectivity index (χ1n) is 7.47. The first-order chi connectivity index (χ1) is 9.93. The highest BCUT2D eigenvalue weighted by molar-refractivity contribution is 5.89.